The van der Waals surface area contributed by atoms with Gasteiger partial charge in [-0.25, -0.2) is 0 Å². The molecule has 0 bridgehead atoms. The maximum atomic E-state index is 9.16. The maximum Gasteiger partial charge on any atom is 0.0852 e. The molecule has 0 saturated heterocycles. The molecule has 4 aromatic heterocycles. The lowest BCUT2D eigenvalue weighted by Gasteiger charge is -2.07. The number of anilines is 2. The van der Waals surface area contributed by atoms with Crippen LogP contribution in [0.4, 0.5) is 11.4 Å². The van der Waals surface area contributed by atoms with E-state index in [0.717, 1.165) is 37.5 Å². The van der Waals surface area contributed by atoms with Gasteiger partial charge in [0, 0.05) is 45.6 Å². The molecule has 0 aliphatic heterocycles. The summed E-state index contributed by atoms with van der Waals surface area (Å²) >= 11 is 1.68. The summed E-state index contributed by atoms with van der Waals surface area (Å²) < 4.78 is 1.10. The van der Waals surface area contributed by atoms with E-state index in [1.807, 2.05) is 30.6 Å². The van der Waals surface area contributed by atoms with Gasteiger partial charge in [0.1, 0.15) is 0 Å². The molecule has 1 aromatic carbocycles. The number of aromatic nitrogens is 3. The highest BCUT2D eigenvalue weighted by Crippen LogP contribution is 2.37. The molecule has 5 rings (SSSR count). The van der Waals surface area contributed by atoms with Gasteiger partial charge in [-0.05, 0) is 42.5 Å². The van der Waals surface area contributed by atoms with Crippen molar-refractivity contribution in [2.75, 3.05) is 5.32 Å². The van der Waals surface area contributed by atoms with E-state index in [4.69, 9.17) is 5.11 Å². The van der Waals surface area contributed by atoms with Gasteiger partial charge in [0.15, 0.2) is 0 Å². The van der Waals surface area contributed by atoms with Gasteiger partial charge in [-0.15, -0.1) is 11.3 Å². The first-order valence-electron chi connectivity index (χ1n) is 8.59. The Morgan fingerprint density at radius 3 is 2.85 bits per heavy atom. The standard InChI is InChI=1S/C21H16N4OS/c26-12-16-2-1-14(11-24-16)20-10-19-21(27-20)18(6-8-23-19)25-15-3-4-17-13(9-15)5-7-22-17/h1-11,22,26H,12H2,(H,23,25). The molecule has 0 aliphatic carbocycles. The first kappa shape index (κ1) is 16.0. The van der Waals surface area contributed by atoms with Crippen molar-refractivity contribution >= 4 is 43.8 Å². The number of hydrogen-bond donors (Lipinski definition) is 3. The lowest BCUT2D eigenvalue weighted by molar-refractivity contribution is 0.277. The van der Waals surface area contributed by atoms with Crippen LogP contribution in [-0.4, -0.2) is 20.1 Å². The third-order valence-electron chi connectivity index (χ3n) is 4.52. The maximum absolute atomic E-state index is 9.16. The molecule has 4 heterocycles. The summed E-state index contributed by atoms with van der Waals surface area (Å²) in [5.41, 5.74) is 5.84. The number of pyridine rings is 2. The van der Waals surface area contributed by atoms with Crippen molar-refractivity contribution in [1.29, 1.82) is 0 Å². The molecular formula is C21H16N4OS. The molecule has 0 saturated carbocycles. The van der Waals surface area contributed by atoms with Gasteiger partial charge >= 0.3 is 0 Å². The van der Waals surface area contributed by atoms with E-state index in [1.165, 1.54) is 5.39 Å². The summed E-state index contributed by atoms with van der Waals surface area (Å²) in [6.07, 6.45) is 5.56. The van der Waals surface area contributed by atoms with Gasteiger partial charge in [0.05, 0.1) is 28.2 Å². The van der Waals surface area contributed by atoms with E-state index in [-0.39, 0.29) is 6.61 Å². The van der Waals surface area contributed by atoms with Crippen LogP contribution in [-0.2, 0) is 6.61 Å². The topological polar surface area (TPSA) is 73.8 Å². The highest BCUT2D eigenvalue weighted by atomic mass is 32.1. The number of aliphatic hydroxyl groups excluding tert-OH is 1. The Bertz CT molecular complexity index is 1240. The number of aliphatic hydroxyl groups is 1. The van der Waals surface area contributed by atoms with Crippen LogP contribution in [0.15, 0.2) is 67.1 Å². The van der Waals surface area contributed by atoms with Crippen LogP contribution < -0.4 is 5.32 Å². The molecular weight excluding hydrogens is 356 g/mol. The van der Waals surface area contributed by atoms with Crippen molar-refractivity contribution in [2.24, 2.45) is 0 Å². The third-order valence-corrected chi connectivity index (χ3v) is 5.72. The van der Waals surface area contributed by atoms with Crippen molar-refractivity contribution in [3.05, 3.63) is 72.8 Å². The lowest BCUT2D eigenvalue weighted by Crippen LogP contribution is -1.90. The lowest BCUT2D eigenvalue weighted by atomic mass is 10.2. The van der Waals surface area contributed by atoms with Crippen molar-refractivity contribution in [2.45, 2.75) is 6.61 Å². The summed E-state index contributed by atoms with van der Waals surface area (Å²) in [6, 6.07) is 16.2. The monoisotopic (exact) mass is 372 g/mol. The van der Waals surface area contributed by atoms with Gasteiger partial charge in [0.25, 0.3) is 0 Å². The Hall–Kier alpha value is -3.22. The molecule has 3 N–H and O–H groups in total. The van der Waals surface area contributed by atoms with E-state index in [1.54, 1.807) is 17.5 Å². The Balaban J connectivity index is 1.53. The Labute approximate surface area is 159 Å². The average molecular weight is 372 g/mol. The van der Waals surface area contributed by atoms with Gasteiger partial charge in [-0.2, -0.15) is 0 Å². The summed E-state index contributed by atoms with van der Waals surface area (Å²) in [6.45, 7) is -0.0478. The predicted octanol–water partition coefficient (Wildman–Crippen LogP) is 5.08. The number of H-pyrrole nitrogens is 1. The molecule has 5 nitrogen and oxygen atoms in total. The van der Waals surface area contributed by atoms with Crippen LogP contribution in [0, 0.1) is 0 Å². The SMILES string of the molecule is OCc1ccc(-c2cc3nccc(Nc4ccc5[nH]ccc5c4)c3s2)cn1. The van der Waals surface area contributed by atoms with E-state index >= 15 is 0 Å². The van der Waals surface area contributed by atoms with Crippen LogP contribution in [0.2, 0.25) is 0 Å². The van der Waals surface area contributed by atoms with Crippen LogP contribution >= 0.6 is 11.3 Å². The molecule has 27 heavy (non-hydrogen) atoms. The van der Waals surface area contributed by atoms with E-state index in [2.05, 4.69) is 50.6 Å². The van der Waals surface area contributed by atoms with E-state index < -0.39 is 0 Å². The predicted molar refractivity (Wildman–Crippen MR) is 110 cm³/mol. The van der Waals surface area contributed by atoms with Gasteiger partial charge < -0.3 is 15.4 Å². The molecule has 0 radical (unpaired) electrons. The Morgan fingerprint density at radius 2 is 2.00 bits per heavy atom. The van der Waals surface area contributed by atoms with Crippen molar-refractivity contribution < 1.29 is 5.11 Å². The van der Waals surface area contributed by atoms with Gasteiger partial charge in [0.2, 0.25) is 0 Å². The minimum Gasteiger partial charge on any atom is -0.390 e. The number of rotatable bonds is 4. The fourth-order valence-corrected chi connectivity index (χ4v) is 4.20. The summed E-state index contributed by atoms with van der Waals surface area (Å²) in [7, 11) is 0. The molecule has 0 amide bonds. The number of nitrogens with zero attached hydrogens (tertiary/aromatic N) is 2. The zero-order valence-corrected chi connectivity index (χ0v) is 15.1. The van der Waals surface area contributed by atoms with Crippen molar-refractivity contribution in [1.82, 2.24) is 15.0 Å². The number of hydrogen-bond acceptors (Lipinski definition) is 5. The minimum atomic E-state index is -0.0478. The second-order valence-electron chi connectivity index (χ2n) is 6.28. The summed E-state index contributed by atoms with van der Waals surface area (Å²) in [5, 5.41) is 13.9. The number of thiophene rings is 1. The van der Waals surface area contributed by atoms with E-state index in [9.17, 15) is 0 Å². The third kappa shape index (κ3) is 2.95. The summed E-state index contributed by atoms with van der Waals surface area (Å²) in [5.74, 6) is 0. The molecule has 0 spiro atoms. The van der Waals surface area contributed by atoms with E-state index in [0.29, 0.717) is 5.69 Å². The first-order valence-corrected chi connectivity index (χ1v) is 9.41. The minimum absolute atomic E-state index is 0.0478. The Morgan fingerprint density at radius 1 is 1.04 bits per heavy atom. The normalized spacial score (nSPS) is 11.3. The smallest absolute Gasteiger partial charge is 0.0852 e. The van der Waals surface area contributed by atoms with Crippen molar-refractivity contribution in [3.8, 4) is 10.4 Å². The number of nitrogens with one attached hydrogen (secondary N) is 2. The van der Waals surface area contributed by atoms with Crippen LogP contribution in [0.25, 0.3) is 31.6 Å². The molecule has 132 valence electrons. The molecule has 5 aromatic rings. The molecule has 0 unspecified atom stereocenters. The highest BCUT2D eigenvalue weighted by Gasteiger charge is 2.10. The molecule has 0 fully saturated rings. The van der Waals surface area contributed by atoms with Crippen molar-refractivity contribution in [3.63, 3.8) is 0 Å². The average Bonchev–Trinajstić information content (AvgIpc) is 3.35. The number of fused-ring (bicyclic) bond motifs is 2. The fourth-order valence-electron chi connectivity index (χ4n) is 3.13. The summed E-state index contributed by atoms with van der Waals surface area (Å²) in [4.78, 5) is 13.1. The molecule has 0 aliphatic rings. The highest BCUT2D eigenvalue weighted by molar-refractivity contribution is 7.22. The van der Waals surface area contributed by atoms with Crippen LogP contribution in [0.1, 0.15) is 5.69 Å². The second-order valence-corrected chi connectivity index (χ2v) is 7.34. The Kier molecular flexibility index (Phi) is 3.85. The second kappa shape index (κ2) is 6.50. The number of aromatic amines is 1. The zero-order chi connectivity index (χ0) is 18.2. The fraction of sp³-hybridized carbons (Fsp3) is 0.0476. The zero-order valence-electron chi connectivity index (χ0n) is 14.3. The van der Waals surface area contributed by atoms with Gasteiger partial charge in [-0.1, -0.05) is 6.07 Å². The first-order chi connectivity index (χ1) is 13.3. The van der Waals surface area contributed by atoms with Gasteiger partial charge in [-0.3, -0.25) is 9.97 Å². The van der Waals surface area contributed by atoms with Crippen LogP contribution in [0.5, 0.6) is 0 Å². The largest absolute Gasteiger partial charge is 0.390 e. The quantitative estimate of drug-likeness (QED) is 0.411. The van der Waals surface area contributed by atoms with Crippen LogP contribution in [0.3, 0.4) is 0 Å². The number of benzene rings is 1. The molecule has 0 atom stereocenters. The molecule has 6 heteroatoms.